The first kappa shape index (κ1) is 15.2. The van der Waals surface area contributed by atoms with Crippen molar-refractivity contribution in [1.29, 1.82) is 5.26 Å². The summed E-state index contributed by atoms with van der Waals surface area (Å²) in [4.78, 5) is 16.1. The molecule has 0 aliphatic heterocycles. The first-order valence-electron chi connectivity index (χ1n) is 7.07. The Morgan fingerprint density at radius 3 is 2.96 bits per heavy atom. The minimum absolute atomic E-state index is 0.0432. The van der Waals surface area contributed by atoms with Crippen molar-refractivity contribution in [2.75, 3.05) is 11.9 Å². The molecular weight excluding hydrogens is 308 g/mol. The lowest BCUT2D eigenvalue weighted by Crippen LogP contribution is -2.22. The Kier molecular flexibility index (Phi) is 4.20. The normalized spacial score (nSPS) is 10.2. The molecule has 0 saturated carbocycles. The molecule has 0 unspecified atom stereocenters. The second kappa shape index (κ2) is 6.62. The van der Waals surface area contributed by atoms with Crippen molar-refractivity contribution in [2.45, 2.75) is 0 Å². The highest BCUT2D eigenvalue weighted by atomic mass is 16.1. The summed E-state index contributed by atoms with van der Waals surface area (Å²) in [5.74, 6) is 0.289. The largest absolute Gasteiger partial charge is 0.339 e. The molecule has 0 aliphatic rings. The van der Waals surface area contributed by atoms with E-state index in [0.717, 1.165) is 11.4 Å². The van der Waals surface area contributed by atoms with Crippen LogP contribution in [0.5, 0.6) is 0 Å². The summed E-state index contributed by atoms with van der Waals surface area (Å²) in [6.07, 6.45) is 8.21. The monoisotopic (exact) mass is 322 g/mol. The molecule has 3 heterocycles. The fraction of sp³-hybridized carbons (Fsp3) is 0.133. The Balaban J connectivity index is 1.78. The zero-order valence-electron chi connectivity index (χ0n) is 12.8. The van der Waals surface area contributed by atoms with Crippen LogP contribution in [0.2, 0.25) is 0 Å². The standard InChI is InChI=1S/C15H14N8O/c1-22-10-12(8-19-22)21-14-6-13(2-4-17-14)23-9-11(7-20-23)15(24)18-5-3-16/h2,4,6-10H,5H2,1H3,(H,17,21)(H,18,24). The van der Waals surface area contributed by atoms with E-state index in [4.69, 9.17) is 5.26 Å². The maximum atomic E-state index is 11.8. The molecule has 0 spiro atoms. The number of amides is 1. The van der Waals surface area contributed by atoms with Crippen LogP contribution in [0.4, 0.5) is 11.5 Å². The van der Waals surface area contributed by atoms with Crippen molar-refractivity contribution < 1.29 is 4.79 Å². The predicted octanol–water partition coefficient (Wildman–Crippen LogP) is 0.998. The predicted molar refractivity (Wildman–Crippen MR) is 85.8 cm³/mol. The SMILES string of the molecule is Cn1cc(Nc2cc(-n3cc(C(=O)NCC#N)cn3)ccn2)cn1. The molecule has 3 aromatic heterocycles. The number of anilines is 2. The van der Waals surface area contributed by atoms with Gasteiger partial charge in [0.2, 0.25) is 0 Å². The van der Waals surface area contributed by atoms with E-state index in [1.54, 1.807) is 40.1 Å². The van der Waals surface area contributed by atoms with Gasteiger partial charge in [-0.2, -0.15) is 15.5 Å². The number of nitrogens with one attached hydrogen (secondary N) is 2. The highest BCUT2D eigenvalue weighted by Crippen LogP contribution is 2.16. The van der Waals surface area contributed by atoms with E-state index in [2.05, 4.69) is 25.8 Å². The number of nitriles is 1. The van der Waals surface area contributed by atoms with E-state index in [9.17, 15) is 4.79 Å². The summed E-state index contributed by atoms with van der Waals surface area (Å²) in [5.41, 5.74) is 1.94. The number of carbonyl (C=O) groups is 1. The zero-order valence-corrected chi connectivity index (χ0v) is 12.8. The van der Waals surface area contributed by atoms with Crippen LogP contribution >= 0.6 is 0 Å². The Labute approximate surface area is 137 Å². The van der Waals surface area contributed by atoms with Crippen LogP contribution in [0.1, 0.15) is 10.4 Å². The molecule has 120 valence electrons. The van der Waals surface area contributed by atoms with Crippen molar-refractivity contribution >= 4 is 17.4 Å². The summed E-state index contributed by atoms with van der Waals surface area (Å²) in [6, 6.07) is 5.44. The molecule has 0 aliphatic carbocycles. The minimum Gasteiger partial charge on any atom is -0.339 e. The molecule has 0 atom stereocenters. The molecule has 0 saturated heterocycles. The molecular formula is C15H14N8O. The number of rotatable bonds is 5. The molecule has 24 heavy (non-hydrogen) atoms. The second-order valence-electron chi connectivity index (χ2n) is 4.94. The van der Waals surface area contributed by atoms with Crippen molar-refractivity contribution in [3.05, 3.63) is 48.7 Å². The molecule has 3 aromatic rings. The van der Waals surface area contributed by atoms with Gasteiger partial charge in [-0.25, -0.2) is 9.67 Å². The summed E-state index contributed by atoms with van der Waals surface area (Å²) >= 11 is 0. The third-order valence-electron chi connectivity index (χ3n) is 3.16. The Morgan fingerprint density at radius 2 is 2.21 bits per heavy atom. The van der Waals surface area contributed by atoms with Crippen LogP contribution in [0.15, 0.2) is 43.1 Å². The molecule has 1 amide bonds. The van der Waals surface area contributed by atoms with Gasteiger partial charge < -0.3 is 10.6 Å². The lowest BCUT2D eigenvalue weighted by molar-refractivity contribution is 0.0958. The molecule has 9 nitrogen and oxygen atoms in total. The summed E-state index contributed by atoms with van der Waals surface area (Å²) in [5, 5.41) is 22.4. The number of carbonyl (C=O) groups excluding carboxylic acids is 1. The van der Waals surface area contributed by atoms with Gasteiger partial charge in [0.1, 0.15) is 12.4 Å². The van der Waals surface area contributed by atoms with E-state index in [1.165, 1.54) is 6.20 Å². The molecule has 9 heteroatoms. The number of aryl methyl sites for hydroxylation is 1. The number of nitrogens with zero attached hydrogens (tertiary/aromatic N) is 6. The van der Waals surface area contributed by atoms with Crippen LogP contribution in [-0.2, 0) is 7.05 Å². The molecule has 3 rings (SSSR count). The van der Waals surface area contributed by atoms with Gasteiger partial charge in [0, 0.05) is 31.7 Å². The van der Waals surface area contributed by atoms with E-state index in [1.807, 2.05) is 19.3 Å². The first-order valence-corrected chi connectivity index (χ1v) is 7.07. The van der Waals surface area contributed by atoms with Gasteiger partial charge in [-0.15, -0.1) is 0 Å². The van der Waals surface area contributed by atoms with E-state index < -0.39 is 0 Å². The topological polar surface area (TPSA) is 113 Å². The number of aromatic nitrogens is 5. The number of pyridine rings is 1. The molecule has 0 fully saturated rings. The minimum atomic E-state index is -0.342. The third kappa shape index (κ3) is 3.38. The van der Waals surface area contributed by atoms with Crippen LogP contribution in [-0.4, -0.2) is 37.0 Å². The van der Waals surface area contributed by atoms with Crippen LogP contribution in [0.25, 0.3) is 5.69 Å². The van der Waals surface area contributed by atoms with Gasteiger partial charge in [0.15, 0.2) is 0 Å². The zero-order chi connectivity index (χ0) is 16.9. The molecule has 0 radical (unpaired) electrons. The number of hydrogen-bond donors (Lipinski definition) is 2. The highest BCUT2D eigenvalue weighted by molar-refractivity contribution is 5.93. The van der Waals surface area contributed by atoms with Gasteiger partial charge >= 0.3 is 0 Å². The molecule has 2 N–H and O–H groups in total. The fourth-order valence-electron chi connectivity index (χ4n) is 2.07. The van der Waals surface area contributed by atoms with Crippen LogP contribution in [0, 0.1) is 11.3 Å². The van der Waals surface area contributed by atoms with Gasteiger partial charge in [0.25, 0.3) is 5.91 Å². The lowest BCUT2D eigenvalue weighted by Gasteiger charge is -2.05. The summed E-state index contributed by atoms with van der Waals surface area (Å²) < 4.78 is 3.25. The summed E-state index contributed by atoms with van der Waals surface area (Å²) in [7, 11) is 1.83. The maximum Gasteiger partial charge on any atom is 0.255 e. The van der Waals surface area contributed by atoms with Gasteiger partial charge in [-0.3, -0.25) is 9.48 Å². The van der Waals surface area contributed by atoms with Crippen molar-refractivity contribution in [3.8, 4) is 11.8 Å². The number of hydrogen-bond acceptors (Lipinski definition) is 6. The van der Waals surface area contributed by atoms with Gasteiger partial charge in [-0.1, -0.05) is 0 Å². The quantitative estimate of drug-likeness (QED) is 0.677. The molecule has 0 aromatic carbocycles. The van der Waals surface area contributed by atoms with Gasteiger partial charge in [0.05, 0.1) is 35.4 Å². The smallest absolute Gasteiger partial charge is 0.255 e. The van der Waals surface area contributed by atoms with Crippen LogP contribution < -0.4 is 10.6 Å². The van der Waals surface area contributed by atoms with E-state index >= 15 is 0 Å². The Bertz CT molecular complexity index is 904. The van der Waals surface area contributed by atoms with E-state index in [-0.39, 0.29) is 12.5 Å². The van der Waals surface area contributed by atoms with Crippen LogP contribution in [0.3, 0.4) is 0 Å². The Hall–Kier alpha value is -3.67. The van der Waals surface area contributed by atoms with Crippen molar-refractivity contribution in [1.82, 2.24) is 29.9 Å². The van der Waals surface area contributed by atoms with Gasteiger partial charge in [-0.05, 0) is 6.07 Å². The summed E-state index contributed by atoms with van der Waals surface area (Å²) in [6.45, 7) is -0.0432. The average molecular weight is 322 g/mol. The van der Waals surface area contributed by atoms with Crippen molar-refractivity contribution in [3.63, 3.8) is 0 Å². The average Bonchev–Trinajstić information content (AvgIpc) is 3.22. The fourth-order valence-corrected chi connectivity index (χ4v) is 2.07. The van der Waals surface area contributed by atoms with E-state index in [0.29, 0.717) is 11.4 Å². The second-order valence-corrected chi connectivity index (χ2v) is 4.94. The first-order chi connectivity index (χ1) is 11.7. The lowest BCUT2D eigenvalue weighted by atomic mass is 10.3. The Morgan fingerprint density at radius 1 is 1.33 bits per heavy atom. The highest BCUT2D eigenvalue weighted by Gasteiger charge is 2.09. The molecule has 0 bridgehead atoms. The maximum absolute atomic E-state index is 11.8. The third-order valence-corrected chi connectivity index (χ3v) is 3.16. The van der Waals surface area contributed by atoms with Crippen molar-refractivity contribution in [2.24, 2.45) is 7.05 Å².